The lowest BCUT2D eigenvalue weighted by atomic mass is 9.95. The molecule has 30 heavy (non-hydrogen) atoms. The molecule has 2 saturated heterocycles. The number of hydrogen-bond acceptors (Lipinski definition) is 5. The van der Waals surface area contributed by atoms with Crippen molar-refractivity contribution in [2.45, 2.75) is 51.6 Å². The van der Waals surface area contributed by atoms with Crippen molar-refractivity contribution < 1.29 is 19.1 Å². The van der Waals surface area contributed by atoms with E-state index >= 15 is 0 Å². The maximum Gasteiger partial charge on any atom is 0.322 e. The lowest BCUT2D eigenvalue weighted by Crippen LogP contribution is -2.54. The Bertz CT molecular complexity index is 836. The van der Waals surface area contributed by atoms with Crippen molar-refractivity contribution in [1.82, 2.24) is 15.5 Å². The number of carbonyl (C=O) groups is 3. The fraction of sp³-hybridized carbons (Fsp3) is 0.571. The lowest BCUT2D eigenvalue weighted by molar-refractivity contribution is -0.132. The molecule has 0 aliphatic carbocycles. The Kier molecular flexibility index (Phi) is 6.45. The number of ether oxygens (including phenoxy) is 1. The summed E-state index contributed by atoms with van der Waals surface area (Å²) < 4.78 is 5.43. The second-order valence-electron chi connectivity index (χ2n) is 8.10. The van der Waals surface area contributed by atoms with Crippen molar-refractivity contribution in [1.29, 1.82) is 0 Å². The van der Waals surface area contributed by atoms with E-state index in [4.69, 9.17) is 16.3 Å². The molecule has 1 aromatic carbocycles. The van der Waals surface area contributed by atoms with Crippen molar-refractivity contribution >= 4 is 35.1 Å². The molecule has 4 amide bonds. The molecule has 0 saturated carbocycles. The summed E-state index contributed by atoms with van der Waals surface area (Å²) in [6.07, 6.45) is 1.27. The molecule has 2 atom stereocenters. The number of urea groups is 1. The highest BCUT2D eigenvalue weighted by molar-refractivity contribution is 6.33. The number of nitrogens with one attached hydrogen (secondary N) is 2. The van der Waals surface area contributed by atoms with E-state index in [1.165, 1.54) is 0 Å². The number of aryl methyl sites for hydroxylation is 1. The van der Waals surface area contributed by atoms with Gasteiger partial charge in [0, 0.05) is 43.9 Å². The first kappa shape index (κ1) is 22.2. The summed E-state index contributed by atoms with van der Waals surface area (Å²) >= 11 is 6.39. The number of amides is 4. The van der Waals surface area contributed by atoms with Gasteiger partial charge in [-0.3, -0.25) is 14.9 Å². The maximum absolute atomic E-state index is 12.7. The van der Waals surface area contributed by atoms with Gasteiger partial charge in [0.15, 0.2) is 0 Å². The first-order valence-electron chi connectivity index (χ1n) is 10.2. The van der Waals surface area contributed by atoms with Gasteiger partial charge < -0.3 is 19.9 Å². The van der Waals surface area contributed by atoms with Crippen LogP contribution in [0.15, 0.2) is 12.1 Å². The largest absolute Gasteiger partial charge is 0.495 e. The number of imide groups is 1. The fourth-order valence-electron chi connectivity index (χ4n) is 4.05. The minimum Gasteiger partial charge on any atom is -0.495 e. The van der Waals surface area contributed by atoms with Gasteiger partial charge in [-0.25, -0.2) is 4.79 Å². The average molecular weight is 437 g/mol. The van der Waals surface area contributed by atoms with Gasteiger partial charge in [-0.2, -0.15) is 0 Å². The molecule has 2 aliphatic rings. The van der Waals surface area contributed by atoms with Gasteiger partial charge in [0.05, 0.1) is 12.1 Å². The average Bonchev–Trinajstić information content (AvgIpc) is 2.98. The Hall–Kier alpha value is -2.48. The third-order valence-corrected chi connectivity index (χ3v) is 6.40. The molecular weight excluding hydrogens is 408 g/mol. The second kappa shape index (κ2) is 8.71. The van der Waals surface area contributed by atoms with E-state index < -0.39 is 11.6 Å². The maximum atomic E-state index is 12.7. The highest BCUT2D eigenvalue weighted by Gasteiger charge is 2.42. The zero-order valence-corrected chi connectivity index (χ0v) is 18.6. The molecule has 0 aromatic heterocycles. The first-order valence-corrected chi connectivity index (χ1v) is 10.6. The van der Waals surface area contributed by atoms with Crippen LogP contribution in [-0.4, -0.2) is 61.1 Å². The summed E-state index contributed by atoms with van der Waals surface area (Å²) in [5, 5.41) is 5.47. The Balaban J connectivity index is 1.63. The minimum atomic E-state index is -1.03. The van der Waals surface area contributed by atoms with Crippen LogP contribution < -0.4 is 20.3 Å². The van der Waals surface area contributed by atoms with Crippen molar-refractivity contribution in [2.24, 2.45) is 0 Å². The Morgan fingerprint density at radius 3 is 2.63 bits per heavy atom. The molecule has 9 heteroatoms. The predicted octanol–water partition coefficient (Wildman–Crippen LogP) is 2.33. The van der Waals surface area contributed by atoms with Gasteiger partial charge in [0.1, 0.15) is 11.3 Å². The molecule has 8 nitrogen and oxygen atoms in total. The summed E-state index contributed by atoms with van der Waals surface area (Å²) in [6.45, 7) is 7.64. The van der Waals surface area contributed by atoms with E-state index in [9.17, 15) is 14.4 Å². The molecular formula is C21H29ClN4O4. The molecule has 2 heterocycles. The van der Waals surface area contributed by atoms with Gasteiger partial charge in [-0.05, 0) is 38.3 Å². The van der Waals surface area contributed by atoms with Crippen LogP contribution in [0.1, 0.15) is 39.2 Å². The van der Waals surface area contributed by atoms with Crippen LogP contribution in [-0.2, 0) is 16.0 Å². The van der Waals surface area contributed by atoms with Gasteiger partial charge in [-0.15, -0.1) is 0 Å². The molecule has 2 N–H and O–H groups in total. The number of rotatable bonds is 6. The van der Waals surface area contributed by atoms with Gasteiger partial charge >= 0.3 is 6.03 Å². The SMILES string of the molecule is CCc1cc(N2CCN(C(=O)CC[C@@]3(C)NC(=O)NC3=O)C[C@@H]2C)cc(OC)c1Cl. The topological polar surface area (TPSA) is 91.0 Å². The number of halogens is 1. The summed E-state index contributed by atoms with van der Waals surface area (Å²) in [4.78, 5) is 40.1. The Morgan fingerprint density at radius 2 is 2.07 bits per heavy atom. The monoisotopic (exact) mass is 436 g/mol. The van der Waals surface area contributed by atoms with E-state index in [2.05, 4.69) is 35.4 Å². The van der Waals surface area contributed by atoms with Crippen LogP contribution in [0.4, 0.5) is 10.5 Å². The standard InChI is InChI=1S/C21H29ClN4O4/c1-5-14-10-15(11-16(30-4)18(14)22)26-9-8-25(12-13(26)2)17(27)6-7-21(3)19(28)23-20(29)24-21/h10-11,13H,5-9,12H2,1-4H3,(H2,23,24,28,29)/t13-,21+/m0/s1. The highest BCUT2D eigenvalue weighted by atomic mass is 35.5. The van der Waals surface area contributed by atoms with Gasteiger partial charge in [0.25, 0.3) is 5.91 Å². The molecule has 0 bridgehead atoms. The molecule has 3 rings (SSSR count). The molecule has 2 fully saturated rings. The predicted molar refractivity (Wildman–Crippen MR) is 115 cm³/mol. The number of anilines is 1. The number of nitrogens with zero attached hydrogens (tertiary/aromatic N) is 2. The lowest BCUT2D eigenvalue weighted by Gasteiger charge is -2.41. The zero-order chi connectivity index (χ0) is 22.1. The van der Waals surface area contributed by atoms with Crippen LogP contribution in [0.5, 0.6) is 5.75 Å². The van der Waals surface area contributed by atoms with E-state index in [0.717, 1.165) is 17.7 Å². The van der Waals surface area contributed by atoms with Crippen molar-refractivity contribution in [3.8, 4) is 5.75 Å². The molecule has 1 aromatic rings. The van der Waals surface area contributed by atoms with Crippen LogP contribution in [0.3, 0.4) is 0 Å². The van der Waals surface area contributed by atoms with Gasteiger partial charge in [-0.1, -0.05) is 18.5 Å². The van der Waals surface area contributed by atoms with Crippen LogP contribution in [0.2, 0.25) is 5.02 Å². The van der Waals surface area contributed by atoms with Crippen molar-refractivity contribution in [2.75, 3.05) is 31.6 Å². The second-order valence-corrected chi connectivity index (χ2v) is 8.48. The smallest absolute Gasteiger partial charge is 0.322 e. The van der Waals surface area contributed by atoms with Crippen LogP contribution in [0, 0.1) is 0 Å². The van der Waals surface area contributed by atoms with Crippen LogP contribution >= 0.6 is 11.6 Å². The molecule has 164 valence electrons. The number of benzene rings is 1. The van der Waals surface area contributed by atoms with E-state index in [1.807, 2.05) is 11.0 Å². The van der Waals surface area contributed by atoms with Crippen LogP contribution in [0.25, 0.3) is 0 Å². The first-order chi connectivity index (χ1) is 14.2. The normalized spacial score (nSPS) is 24.0. The number of methoxy groups -OCH3 is 1. The van der Waals surface area contributed by atoms with Gasteiger partial charge in [0.2, 0.25) is 5.91 Å². The van der Waals surface area contributed by atoms with Crippen molar-refractivity contribution in [3.63, 3.8) is 0 Å². The fourth-order valence-corrected chi connectivity index (χ4v) is 4.37. The van der Waals surface area contributed by atoms with Crippen molar-refractivity contribution in [3.05, 3.63) is 22.7 Å². The van der Waals surface area contributed by atoms with E-state index in [0.29, 0.717) is 30.4 Å². The number of carbonyl (C=O) groups excluding carboxylic acids is 3. The summed E-state index contributed by atoms with van der Waals surface area (Å²) in [5.41, 5.74) is 1.03. The molecule has 2 aliphatic heterocycles. The summed E-state index contributed by atoms with van der Waals surface area (Å²) in [5.74, 6) is 0.253. The zero-order valence-electron chi connectivity index (χ0n) is 17.9. The van der Waals surface area contributed by atoms with E-state index in [1.54, 1.807) is 14.0 Å². The quantitative estimate of drug-likeness (QED) is 0.668. The molecule has 0 spiro atoms. The third kappa shape index (κ3) is 4.33. The Morgan fingerprint density at radius 1 is 1.33 bits per heavy atom. The van der Waals surface area contributed by atoms with E-state index in [-0.39, 0.29) is 30.7 Å². The number of piperazine rings is 1. The Labute approximate surface area is 181 Å². The minimum absolute atomic E-state index is 0.0143. The summed E-state index contributed by atoms with van der Waals surface area (Å²) in [7, 11) is 1.61. The summed E-state index contributed by atoms with van der Waals surface area (Å²) in [6, 6.07) is 3.63. The molecule has 0 radical (unpaired) electrons. The third-order valence-electron chi connectivity index (χ3n) is 5.97. The molecule has 0 unspecified atom stereocenters. The number of hydrogen-bond donors (Lipinski definition) is 2. The highest BCUT2D eigenvalue weighted by Crippen LogP contribution is 2.35.